The highest BCUT2D eigenvalue weighted by Gasteiger charge is 2.25. The maximum Gasteiger partial charge on any atom is 0.145 e. The fourth-order valence-corrected chi connectivity index (χ4v) is 3.72. The van der Waals surface area contributed by atoms with Crippen LogP contribution in [0.3, 0.4) is 0 Å². The summed E-state index contributed by atoms with van der Waals surface area (Å²) in [5.74, 6) is 0.445. The molecule has 0 fully saturated rings. The van der Waals surface area contributed by atoms with E-state index in [0.29, 0.717) is 43.8 Å². The van der Waals surface area contributed by atoms with Crippen molar-refractivity contribution in [2.45, 2.75) is 39.0 Å². The number of halogens is 1. The molecule has 0 aromatic heterocycles. The second-order valence-corrected chi connectivity index (χ2v) is 8.68. The van der Waals surface area contributed by atoms with E-state index in [0.717, 1.165) is 23.3 Å². The Kier molecular flexibility index (Phi) is 8.70. The lowest BCUT2D eigenvalue weighted by molar-refractivity contribution is -0.00734. The number of hydrogen-bond donors (Lipinski definition) is 1. The summed E-state index contributed by atoms with van der Waals surface area (Å²) in [6.45, 7) is 6.98. The van der Waals surface area contributed by atoms with Gasteiger partial charge in [-0.15, -0.1) is 0 Å². The van der Waals surface area contributed by atoms with Gasteiger partial charge >= 0.3 is 0 Å². The van der Waals surface area contributed by atoms with Crippen LogP contribution in [0.5, 0.6) is 0 Å². The first-order valence-electron chi connectivity index (χ1n) is 10.5. The minimum absolute atomic E-state index is 0.0526. The van der Waals surface area contributed by atoms with Crippen LogP contribution in [0.25, 0.3) is 0 Å². The second-order valence-electron chi connectivity index (χ2n) is 8.24. The first-order valence-corrected chi connectivity index (χ1v) is 10.9. The number of hydrogen-bond acceptors (Lipinski definition) is 5. The number of ether oxygens (including phenoxy) is 1. The molecule has 2 aromatic carbocycles. The molecule has 0 spiro atoms. The van der Waals surface area contributed by atoms with Gasteiger partial charge in [-0.05, 0) is 29.2 Å². The van der Waals surface area contributed by atoms with E-state index in [-0.39, 0.29) is 6.10 Å². The molecule has 162 valence electrons. The van der Waals surface area contributed by atoms with Crippen LogP contribution in [0.1, 0.15) is 31.4 Å². The van der Waals surface area contributed by atoms with Gasteiger partial charge in [0.15, 0.2) is 0 Å². The zero-order chi connectivity index (χ0) is 21.3. The number of nitrogens with zero attached hydrogens (tertiary/aromatic N) is 2. The van der Waals surface area contributed by atoms with Crippen molar-refractivity contribution in [2.75, 3.05) is 26.3 Å². The fraction of sp³-hybridized carbons (Fsp3) is 0.458. The molecule has 2 aromatic rings. The van der Waals surface area contributed by atoms with E-state index < -0.39 is 6.10 Å². The highest BCUT2D eigenvalue weighted by atomic mass is 35.5. The van der Waals surface area contributed by atoms with Gasteiger partial charge in [0, 0.05) is 37.7 Å². The highest BCUT2D eigenvalue weighted by molar-refractivity contribution is 6.30. The summed E-state index contributed by atoms with van der Waals surface area (Å²) >= 11 is 6.16. The van der Waals surface area contributed by atoms with E-state index in [4.69, 9.17) is 21.2 Å². The molecule has 0 saturated heterocycles. The Hall–Kier alpha value is -1.92. The third-order valence-electron chi connectivity index (χ3n) is 4.83. The van der Waals surface area contributed by atoms with E-state index in [1.165, 1.54) is 0 Å². The Morgan fingerprint density at radius 1 is 1.17 bits per heavy atom. The average Bonchev–Trinajstić information content (AvgIpc) is 3.17. The maximum absolute atomic E-state index is 10.5. The number of benzene rings is 2. The van der Waals surface area contributed by atoms with Crippen molar-refractivity contribution >= 4 is 17.3 Å². The van der Waals surface area contributed by atoms with Crippen molar-refractivity contribution in [1.29, 1.82) is 0 Å². The van der Waals surface area contributed by atoms with Crippen LogP contribution in [0.4, 0.5) is 0 Å². The molecule has 2 unspecified atom stereocenters. The highest BCUT2D eigenvalue weighted by Crippen LogP contribution is 2.19. The van der Waals surface area contributed by atoms with E-state index in [1.54, 1.807) is 0 Å². The topological polar surface area (TPSA) is 54.3 Å². The lowest BCUT2D eigenvalue weighted by atomic mass is 10.0. The zero-order valence-corrected chi connectivity index (χ0v) is 18.5. The van der Waals surface area contributed by atoms with Crippen molar-refractivity contribution in [2.24, 2.45) is 11.1 Å². The quantitative estimate of drug-likeness (QED) is 0.575. The summed E-state index contributed by atoms with van der Waals surface area (Å²) in [5.41, 5.74) is 3.15. The maximum atomic E-state index is 10.5. The van der Waals surface area contributed by atoms with E-state index in [9.17, 15) is 5.11 Å². The molecular weight excluding hydrogens is 400 g/mol. The molecular formula is C24H31ClN2O3. The number of rotatable bonds is 11. The summed E-state index contributed by atoms with van der Waals surface area (Å²) in [6.07, 6.45) is 0.123. The third kappa shape index (κ3) is 7.40. The Morgan fingerprint density at radius 2 is 1.97 bits per heavy atom. The van der Waals surface area contributed by atoms with Crippen LogP contribution in [0, 0.1) is 5.92 Å². The van der Waals surface area contributed by atoms with Crippen molar-refractivity contribution < 1.29 is 14.7 Å². The SMILES string of the molecule is CC(C)COCC(O)CN(Cc1cccc(Cl)c1)CC1CC(c2ccccc2)=NO1. The lowest BCUT2D eigenvalue weighted by Crippen LogP contribution is -2.39. The molecule has 1 N–H and O–H groups in total. The molecule has 0 amide bonds. The van der Waals surface area contributed by atoms with E-state index >= 15 is 0 Å². The number of oxime groups is 1. The first kappa shape index (κ1) is 22.8. The molecule has 0 aliphatic carbocycles. The van der Waals surface area contributed by atoms with Gasteiger partial charge in [0.25, 0.3) is 0 Å². The average molecular weight is 431 g/mol. The Labute approximate surface area is 184 Å². The van der Waals surface area contributed by atoms with Gasteiger partial charge in [-0.3, -0.25) is 4.90 Å². The molecule has 1 heterocycles. The molecule has 1 aliphatic heterocycles. The van der Waals surface area contributed by atoms with Crippen molar-refractivity contribution in [1.82, 2.24) is 4.90 Å². The van der Waals surface area contributed by atoms with Gasteiger partial charge in [-0.2, -0.15) is 0 Å². The zero-order valence-electron chi connectivity index (χ0n) is 17.7. The smallest absolute Gasteiger partial charge is 0.145 e. The van der Waals surface area contributed by atoms with Gasteiger partial charge in [0.2, 0.25) is 0 Å². The standard InChI is InChI=1S/C24H31ClN2O3/c1-18(2)16-29-17-22(28)14-27(13-19-7-6-10-21(25)11-19)15-23-12-24(26-30-23)20-8-4-3-5-9-20/h3-11,18,22-23,28H,12-17H2,1-2H3. The summed E-state index contributed by atoms with van der Waals surface area (Å²) in [6, 6.07) is 17.9. The van der Waals surface area contributed by atoms with Gasteiger partial charge in [-0.25, -0.2) is 0 Å². The minimum Gasteiger partial charge on any atom is -0.390 e. The normalized spacial score (nSPS) is 17.3. The summed E-state index contributed by atoms with van der Waals surface area (Å²) in [7, 11) is 0. The summed E-state index contributed by atoms with van der Waals surface area (Å²) < 4.78 is 5.62. The van der Waals surface area contributed by atoms with E-state index in [2.05, 4.69) is 23.9 Å². The molecule has 6 heteroatoms. The fourth-order valence-electron chi connectivity index (χ4n) is 3.50. The molecule has 1 aliphatic rings. The molecule has 30 heavy (non-hydrogen) atoms. The first-order chi connectivity index (χ1) is 14.5. The molecule has 2 atom stereocenters. The van der Waals surface area contributed by atoms with Crippen LogP contribution in [0.15, 0.2) is 59.8 Å². The largest absolute Gasteiger partial charge is 0.390 e. The van der Waals surface area contributed by atoms with Crippen LogP contribution in [-0.4, -0.2) is 54.2 Å². The van der Waals surface area contributed by atoms with Gasteiger partial charge in [-0.1, -0.05) is 73.1 Å². The van der Waals surface area contributed by atoms with Gasteiger partial charge in [0.05, 0.1) is 18.4 Å². The lowest BCUT2D eigenvalue weighted by Gasteiger charge is -2.27. The summed E-state index contributed by atoms with van der Waals surface area (Å²) in [4.78, 5) is 7.90. The van der Waals surface area contributed by atoms with Crippen LogP contribution in [-0.2, 0) is 16.1 Å². The predicted molar refractivity (Wildman–Crippen MR) is 121 cm³/mol. The minimum atomic E-state index is -0.571. The van der Waals surface area contributed by atoms with Gasteiger partial charge in [0.1, 0.15) is 6.10 Å². The number of aliphatic hydroxyl groups excluding tert-OH is 1. The monoisotopic (exact) mass is 430 g/mol. The van der Waals surface area contributed by atoms with Crippen LogP contribution < -0.4 is 0 Å². The second kappa shape index (κ2) is 11.5. The van der Waals surface area contributed by atoms with Crippen molar-refractivity contribution in [3.8, 4) is 0 Å². The predicted octanol–water partition coefficient (Wildman–Crippen LogP) is 4.37. The molecule has 0 saturated carbocycles. The van der Waals surface area contributed by atoms with Crippen molar-refractivity contribution in [3.63, 3.8) is 0 Å². The Balaban J connectivity index is 1.59. The Morgan fingerprint density at radius 3 is 2.70 bits per heavy atom. The summed E-state index contributed by atoms with van der Waals surface area (Å²) in [5, 5.41) is 15.5. The third-order valence-corrected chi connectivity index (χ3v) is 5.06. The molecule has 0 radical (unpaired) electrons. The number of aliphatic hydroxyl groups is 1. The van der Waals surface area contributed by atoms with Crippen LogP contribution >= 0.6 is 11.6 Å². The van der Waals surface area contributed by atoms with E-state index in [1.807, 2.05) is 54.6 Å². The molecule has 0 bridgehead atoms. The van der Waals surface area contributed by atoms with Crippen molar-refractivity contribution in [3.05, 3.63) is 70.7 Å². The Bertz CT molecular complexity index is 813. The van der Waals surface area contributed by atoms with Gasteiger partial charge < -0.3 is 14.7 Å². The van der Waals surface area contributed by atoms with Crippen LogP contribution in [0.2, 0.25) is 5.02 Å². The molecule has 3 rings (SSSR count). The molecule has 5 nitrogen and oxygen atoms in total.